The molecule has 1 aliphatic carbocycles. The fraction of sp³-hybridized carbons (Fsp3) is 0.333. The van der Waals surface area contributed by atoms with E-state index in [9.17, 15) is 9.59 Å². The van der Waals surface area contributed by atoms with E-state index in [1.165, 1.54) is 11.1 Å². The van der Waals surface area contributed by atoms with Gasteiger partial charge in [-0.3, -0.25) is 9.59 Å². The van der Waals surface area contributed by atoms with Crippen LogP contribution in [0.25, 0.3) is 0 Å². The molecule has 1 N–H and O–H groups in total. The molecule has 4 heteroatoms. The lowest BCUT2D eigenvalue weighted by atomic mass is 9.88. The Morgan fingerprint density at radius 2 is 1.76 bits per heavy atom. The first-order valence-electron chi connectivity index (χ1n) is 8.98. The minimum Gasteiger partial charge on any atom is -0.348 e. The van der Waals surface area contributed by atoms with Crippen LogP contribution in [0.1, 0.15) is 42.0 Å². The van der Waals surface area contributed by atoms with E-state index in [4.69, 9.17) is 0 Å². The van der Waals surface area contributed by atoms with Gasteiger partial charge < -0.3 is 10.2 Å². The molecule has 4 rings (SSSR count). The van der Waals surface area contributed by atoms with E-state index >= 15 is 0 Å². The number of carbonyl (C=O) groups excluding carboxylic acids is 2. The third kappa shape index (κ3) is 3.16. The monoisotopic (exact) mass is 334 g/mol. The second kappa shape index (κ2) is 6.71. The normalized spacial score (nSPS) is 19.1. The summed E-state index contributed by atoms with van der Waals surface area (Å²) in [6.45, 7) is 0.0918. The lowest BCUT2D eigenvalue weighted by molar-refractivity contribution is -0.124. The van der Waals surface area contributed by atoms with Crippen molar-refractivity contribution in [3.8, 4) is 0 Å². The van der Waals surface area contributed by atoms with Crippen LogP contribution in [0.3, 0.4) is 0 Å². The molecule has 25 heavy (non-hydrogen) atoms. The first-order valence-corrected chi connectivity index (χ1v) is 8.98. The Morgan fingerprint density at radius 1 is 1.00 bits per heavy atom. The van der Waals surface area contributed by atoms with E-state index in [0.29, 0.717) is 6.42 Å². The molecule has 1 heterocycles. The number of benzene rings is 2. The number of carbonyl (C=O) groups is 2. The minimum absolute atomic E-state index is 0.0258. The molecule has 2 aromatic carbocycles. The Labute approximate surface area is 147 Å². The summed E-state index contributed by atoms with van der Waals surface area (Å²) in [5, 5.41) is 3.14. The van der Waals surface area contributed by atoms with Gasteiger partial charge in [0.25, 0.3) is 0 Å². The van der Waals surface area contributed by atoms with Crippen LogP contribution in [0.15, 0.2) is 48.5 Å². The highest BCUT2D eigenvalue weighted by molar-refractivity contribution is 6.01. The Morgan fingerprint density at radius 3 is 2.64 bits per heavy atom. The van der Waals surface area contributed by atoms with Gasteiger partial charge in [0, 0.05) is 12.1 Å². The summed E-state index contributed by atoms with van der Waals surface area (Å²) in [4.78, 5) is 26.6. The number of nitrogens with one attached hydrogen (secondary N) is 1. The SMILES string of the molecule is O=C(CN1C(=O)CCc2ccccc21)N[C@H]1CCCc2ccccc21. The molecule has 4 nitrogen and oxygen atoms in total. The Kier molecular flexibility index (Phi) is 4.26. The Hall–Kier alpha value is -2.62. The molecular weight excluding hydrogens is 312 g/mol. The largest absolute Gasteiger partial charge is 0.348 e. The van der Waals surface area contributed by atoms with Crippen molar-refractivity contribution in [3.63, 3.8) is 0 Å². The summed E-state index contributed by atoms with van der Waals surface area (Å²) in [5.74, 6) is -0.0651. The van der Waals surface area contributed by atoms with Gasteiger partial charge in [-0.15, -0.1) is 0 Å². The van der Waals surface area contributed by atoms with Crippen molar-refractivity contribution in [1.82, 2.24) is 5.32 Å². The van der Waals surface area contributed by atoms with E-state index in [2.05, 4.69) is 17.4 Å². The van der Waals surface area contributed by atoms with Gasteiger partial charge in [-0.1, -0.05) is 42.5 Å². The smallest absolute Gasteiger partial charge is 0.240 e. The lowest BCUT2D eigenvalue weighted by Gasteiger charge is -2.31. The molecule has 0 bridgehead atoms. The zero-order valence-corrected chi connectivity index (χ0v) is 14.2. The van der Waals surface area contributed by atoms with Gasteiger partial charge in [0.2, 0.25) is 11.8 Å². The molecule has 0 saturated heterocycles. The summed E-state index contributed by atoms with van der Waals surface area (Å²) in [6.07, 6.45) is 4.32. The average molecular weight is 334 g/mol. The fourth-order valence-corrected chi connectivity index (χ4v) is 3.96. The predicted octanol–water partition coefficient (Wildman–Crippen LogP) is 3.16. The van der Waals surface area contributed by atoms with Crippen LogP contribution in [-0.2, 0) is 22.4 Å². The molecule has 2 aliphatic rings. The molecule has 0 unspecified atom stereocenters. The van der Waals surface area contributed by atoms with E-state index in [-0.39, 0.29) is 24.4 Å². The van der Waals surface area contributed by atoms with Crippen molar-refractivity contribution in [2.24, 2.45) is 0 Å². The maximum atomic E-state index is 12.6. The summed E-state index contributed by atoms with van der Waals surface area (Å²) in [5.41, 5.74) is 4.54. The van der Waals surface area contributed by atoms with Crippen molar-refractivity contribution in [2.45, 2.75) is 38.1 Å². The zero-order chi connectivity index (χ0) is 17.2. The third-order valence-corrected chi connectivity index (χ3v) is 5.20. The van der Waals surface area contributed by atoms with Crippen LogP contribution in [0.4, 0.5) is 5.69 Å². The predicted molar refractivity (Wildman–Crippen MR) is 97.4 cm³/mol. The van der Waals surface area contributed by atoms with Crippen LogP contribution in [0.5, 0.6) is 0 Å². The molecule has 0 spiro atoms. The van der Waals surface area contributed by atoms with E-state index in [1.54, 1.807) is 4.90 Å². The molecule has 0 fully saturated rings. The van der Waals surface area contributed by atoms with Crippen LogP contribution in [-0.4, -0.2) is 18.4 Å². The van der Waals surface area contributed by atoms with Gasteiger partial charge in [-0.2, -0.15) is 0 Å². The Balaban J connectivity index is 1.49. The first-order chi connectivity index (χ1) is 12.2. The Bertz CT molecular complexity index is 815. The van der Waals surface area contributed by atoms with Crippen LogP contribution in [0, 0.1) is 0 Å². The van der Waals surface area contributed by atoms with Gasteiger partial charge >= 0.3 is 0 Å². The highest BCUT2D eigenvalue weighted by atomic mass is 16.2. The van der Waals surface area contributed by atoms with Gasteiger partial charge in [-0.05, 0) is 48.4 Å². The van der Waals surface area contributed by atoms with E-state index in [1.807, 2.05) is 36.4 Å². The number of rotatable bonds is 3. The molecule has 0 aromatic heterocycles. The molecule has 2 aromatic rings. The standard InChI is InChI=1S/C21H22N2O2/c24-20(22-18-10-5-8-15-6-1-3-9-17(15)18)14-23-19-11-4-2-7-16(19)12-13-21(23)25/h1-4,6-7,9,11,18H,5,8,10,12-14H2,(H,22,24)/t18-/m0/s1. The number of hydrogen-bond donors (Lipinski definition) is 1. The first kappa shape index (κ1) is 15.9. The maximum absolute atomic E-state index is 12.6. The molecule has 1 atom stereocenters. The van der Waals surface area contributed by atoms with E-state index in [0.717, 1.165) is 36.9 Å². The summed E-state index contributed by atoms with van der Waals surface area (Å²) < 4.78 is 0. The van der Waals surface area contributed by atoms with Gasteiger partial charge in [0.15, 0.2) is 0 Å². The number of nitrogens with zero attached hydrogens (tertiary/aromatic N) is 1. The number of hydrogen-bond acceptors (Lipinski definition) is 2. The van der Waals surface area contributed by atoms with Gasteiger partial charge in [-0.25, -0.2) is 0 Å². The molecule has 128 valence electrons. The fourth-order valence-electron chi connectivity index (χ4n) is 3.96. The second-order valence-corrected chi connectivity index (χ2v) is 6.82. The van der Waals surface area contributed by atoms with E-state index < -0.39 is 0 Å². The highest BCUT2D eigenvalue weighted by Gasteiger charge is 2.27. The molecule has 0 saturated carbocycles. The van der Waals surface area contributed by atoms with Crippen LogP contribution in [0.2, 0.25) is 0 Å². The maximum Gasteiger partial charge on any atom is 0.240 e. The van der Waals surface area contributed by atoms with Crippen molar-refractivity contribution >= 4 is 17.5 Å². The van der Waals surface area contributed by atoms with Crippen molar-refractivity contribution < 1.29 is 9.59 Å². The number of anilines is 1. The molecule has 1 aliphatic heterocycles. The third-order valence-electron chi connectivity index (χ3n) is 5.20. The number of aryl methyl sites for hydroxylation is 2. The number of amides is 2. The van der Waals surface area contributed by atoms with Gasteiger partial charge in [0.1, 0.15) is 6.54 Å². The zero-order valence-electron chi connectivity index (χ0n) is 14.2. The summed E-state index contributed by atoms with van der Waals surface area (Å²) in [6, 6.07) is 16.2. The van der Waals surface area contributed by atoms with Crippen molar-refractivity contribution in [3.05, 3.63) is 65.2 Å². The highest BCUT2D eigenvalue weighted by Crippen LogP contribution is 2.30. The molecular formula is C21H22N2O2. The second-order valence-electron chi connectivity index (χ2n) is 6.82. The average Bonchev–Trinajstić information content (AvgIpc) is 2.64. The number of para-hydroxylation sites is 1. The summed E-state index contributed by atoms with van der Waals surface area (Å²) in [7, 11) is 0. The van der Waals surface area contributed by atoms with Crippen molar-refractivity contribution in [2.75, 3.05) is 11.4 Å². The quantitative estimate of drug-likeness (QED) is 0.937. The topological polar surface area (TPSA) is 49.4 Å². The molecule has 0 radical (unpaired) electrons. The summed E-state index contributed by atoms with van der Waals surface area (Å²) >= 11 is 0. The van der Waals surface area contributed by atoms with Crippen LogP contribution >= 0.6 is 0 Å². The van der Waals surface area contributed by atoms with Crippen LogP contribution < -0.4 is 10.2 Å². The lowest BCUT2D eigenvalue weighted by Crippen LogP contribution is -2.44. The minimum atomic E-state index is -0.0910. The number of fused-ring (bicyclic) bond motifs is 2. The molecule has 2 amide bonds. The van der Waals surface area contributed by atoms with Crippen molar-refractivity contribution in [1.29, 1.82) is 0 Å². The van der Waals surface area contributed by atoms with Gasteiger partial charge in [0.05, 0.1) is 6.04 Å².